The van der Waals surface area contributed by atoms with Crippen LogP contribution in [0.4, 0.5) is 36.1 Å². The van der Waals surface area contributed by atoms with Crippen LogP contribution in [0.25, 0.3) is 0 Å². The highest BCUT2D eigenvalue weighted by atomic mass is 35.5. The van der Waals surface area contributed by atoms with E-state index in [2.05, 4.69) is 30.4 Å². The van der Waals surface area contributed by atoms with Gasteiger partial charge in [-0.15, -0.1) is 0 Å². The second-order valence-electron chi connectivity index (χ2n) is 9.65. The minimum absolute atomic E-state index is 0.170. The molecule has 1 aromatic heterocycles. The molecule has 0 bridgehead atoms. The van der Waals surface area contributed by atoms with Crippen LogP contribution in [0.5, 0.6) is 5.75 Å². The van der Waals surface area contributed by atoms with Crippen molar-refractivity contribution in [2.45, 2.75) is 25.6 Å². The number of hydrogen-bond acceptors (Lipinski definition) is 8. The number of anilines is 4. The van der Waals surface area contributed by atoms with E-state index < -0.39 is 11.7 Å². The average molecular weight is 562 g/mol. The van der Waals surface area contributed by atoms with Crippen molar-refractivity contribution in [3.05, 3.63) is 64.6 Å². The van der Waals surface area contributed by atoms with E-state index >= 15 is 0 Å². The number of nitrogens with one attached hydrogen (secondary N) is 2. The molecule has 3 heterocycles. The number of halogens is 4. The molecule has 0 atom stereocenters. The smallest absolute Gasteiger partial charge is 0.420 e. The summed E-state index contributed by atoms with van der Waals surface area (Å²) in [6.45, 7) is 5.94. The van der Waals surface area contributed by atoms with Gasteiger partial charge >= 0.3 is 6.18 Å². The third-order valence-corrected chi connectivity index (χ3v) is 7.32. The zero-order valence-electron chi connectivity index (χ0n) is 21.4. The summed E-state index contributed by atoms with van der Waals surface area (Å²) in [6.07, 6.45) is -1.87. The summed E-state index contributed by atoms with van der Waals surface area (Å²) in [5, 5.41) is 6.84. The van der Waals surface area contributed by atoms with Gasteiger partial charge < -0.3 is 30.9 Å². The summed E-state index contributed by atoms with van der Waals surface area (Å²) < 4.78 is 47.4. The summed E-state index contributed by atoms with van der Waals surface area (Å²) in [5.74, 6) is 0.323. The van der Waals surface area contributed by atoms with E-state index in [1.54, 1.807) is 12.1 Å². The van der Waals surface area contributed by atoms with Gasteiger partial charge in [0.2, 0.25) is 0 Å². The van der Waals surface area contributed by atoms with E-state index in [4.69, 9.17) is 22.1 Å². The number of rotatable bonds is 8. The Balaban J connectivity index is 1.27. The van der Waals surface area contributed by atoms with Crippen LogP contribution >= 0.6 is 11.6 Å². The summed E-state index contributed by atoms with van der Waals surface area (Å²) in [5.41, 5.74) is 8.40. The molecule has 3 aromatic rings. The van der Waals surface area contributed by atoms with Crippen LogP contribution in [0.2, 0.25) is 5.02 Å². The second kappa shape index (κ2) is 11.8. The topological polar surface area (TPSA) is 91.6 Å². The molecule has 5 rings (SSSR count). The van der Waals surface area contributed by atoms with Crippen LogP contribution in [0.1, 0.15) is 23.2 Å². The number of benzene rings is 2. The molecular formula is C27H31ClF3N7O. The van der Waals surface area contributed by atoms with Gasteiger partial charge in [-0.25, -0.2) is 9.97 Å². The molecule has 2 aliphatic heterocycles. The highest BCUT2D eigenvalue weighted by Gasteiger charge is 2.35. The number of nitrogens with zero attached hydrogens (tertiary/aromatic N) is 4. The maximum absolute atomic E-state index is 13.9. The molecule has 0 spiro atoms. The molecule has 0 saturated carbocycles. The summed E-state index contributed by atoms with van der Waals surface area (Å²) >= 11 is 6.19. The van der Waals surface area contributed by atoms with Crippen molar-refractivity contribution in [2.75, 3.05) is 61.8 Å². The first-order valence-corrected chi connectivity index (χ1v) is 13.3. The predicted octanol–water partition coefficient (Wildman–Crippen LogP) is 4.71. The third kappa shape index (κ3) is 6.66. The number of piperazine rings is 1. The van der Waals surface area contributed by atoms with E-state index in [0.29, 0.717) is 42.5 Å². The van der Waals surface area contributed by atoms with Crippen LogP contribution < -0.4 is 26.0 Å². The van der Waals surface area contributed by atoms with E-state index in [-0.39, 0.29) is 18.0 Å². The molecule has 0 unspecified atom stereocenters. The lowest BCUT2D eigenvalue weighted by molar-refractivity contribution is -0.138. The zero-order valence-corrected chi connectivity index (χ0v) is 22.2. The van der Waals surface area contributed by atoms with Crippen molar-refractivity contribution < 1.29 is 17.9 Å². The Hall–Kier alpha value is -3.28. The summed E-state index contributed by atoms with van der Waals surface area (Å²) in [4.78, 5) is 13.2. The zero-order chi connectivity index (χ0) is 27.4. The monoisotopic (exact) mass is 561 g/mol. The number of ether oxygens (including phenoxy) is 1. The Morgan fingerprint density at radius 3 is 2.67 bits per heavy atom. The van der Waals surface area contributed by atoms with Crippen molar-refractivity contribution in [1.82, 2.24) is 20.2 Å². The third-order valence-electron chi connectivity index (χ3n) is 6.99. The minimum atomic E-state index is -4.56. The highest BCUT2D eigenvalue weighted by Crippen LogP contribution is 2.39. The van der Waals surface area contributed by atoms with Crippen molar-refractivity contribution >= 4 is 34.5 Å². The molecule has 208 valence electrons. The number of alkyl halides is 3. The molecule has 0 amide bonds. The van der Waals surface area contributed by atoms with E-state index in [1.165, 1.54) is 12.4 Å². The maximum Gasteiger partial charge on any atom is 0.420 e. The number of hydrogen-bond donors (Lipinski definition) is 3. The molecule has 8 nitrogen and oxygen atoms in total. The first-order valence-electron chi connectivity index (χ1n) is 12.9. The fourth-order valence-corrected chi connectivity index (χ4v) is 5.07. The van der Waals surface area contributed by atoms with E-state index in [9.17, 15) is 13.2 Å². The number of fused-ring (bicyclic) bond motifs is 1. The SMILES string of the molecule is Nc1ccc(N2CCc3c(ncnc3Nc3ccc(OCCCN4CCNCC4)c(C(F)(F)F)c3)C2)cc1Cl. The lowest BCUT2D eigenvalue weighted by atomic mass is 10.0. The quantitative estimate of drug-likeness (QED) is 0.269. The fourth-order valence-electron chi connectivity index (χ4n) is 4.89. The first kappa shape index (κ1) is 27.3. The Morgan fingerprint density at radius 2 is 1.90 bits per heavy atom. The van der Waals surface area contributed by atoms with Gasteiger partial charge in [-0.2, -0.15) is 13.2 Å². The highest BCUT2D eigenvalue weighted by molar-refractivity contribution is 6.33. The van der Waals surface area contributed by atoms with Crippen molar-refractivity contribution in [1.29, 1.82) is 0 Å². The molecule has 4 N–H and O–H groups in total. The molecule has 1 saturated heterocycles. The van der Waals surface area contributed by atoms with Crippen LogP contribution in [0.3, 0.4) is 0 Å². The maximum atomic E-state index is 13.9. The standard InChI is InChI=1S/C27H31ClF3N7O/c28-22-15-19(3-4-23(22)32)38-10-6-20-24(16-38)34-17-35-26(20)36-18-2-5-25(21(14-18)27(29,30)31)39-13-1-9-37-11-7-33-8-12-37/h2-5,14-15,17,33H,1,6-13,16,32H2,(H,34,35,36). The molecule has 2 aromatic carbocycles. The fraction of sp³-hybridized carbons (Fsp3) is 0.407. The minimum Gasteiger partial charge on any atom is -0.493 e. The summed E-state index contributed by atoms with van der Waals surface area (Å²) in [6, 6.07) is 9.51. The van der Waals surface area contributed by atoms with Gasteiger partial charge in [-0.1, -0.05) is 11.6 Å². The van der Waals surface area contributed by atoms with Crippen molar-refractivity contribution in [3.8, 4) is 5.75 Å². The van der Waals surface area contributed by atoms with Gasteiger partial charge in [0.15, 0.2) is 0 Å². The molecule has 0 aliphatic carbocycles. The van der Waals surface area contributed by atoms with Gasteiger partial charge in [0.25, 0.3) is 0 Å². The Kier molecular flexibility index (Phi) is 8.29. The predicted molar refractivity (Wildman–Crippen MR) is 147 cm³/mol. The molecule has 2 aliphatic rings. The first-order chi connectivity index (χ1) is 18.8. The Labute approximate surface area is 230 Å². The lowest BCUT2D eigenvalue weighted by Crippen LogP contribution is -2.44. The van der Waals surface area contributed by atoms with Gasteiger partial charge in [0.05, 0.1) is 35.1 Å². The van der Waals surface area contributed by atoms with Crippen LogP contribution in [0, 0.1) is 0 Å². The molecule has 0 radical (unpaired) electrons. The van der Waals surface area contributed by atoms with Crippen molar-refractivity contribution in [2.24, 2.45) is 0 Å². The number of nitrogens with two attached hydrogens (primary N) is 1. The molecule has 1 fully saturated rings. The Morgan fingerprint density at radius 1 is 1.08 bits per heavy atom. The van der Waals surface area contributed by atoms with Gasteiger partial charge in [-0.3, -0.25) is 0 Å². The molecule has 39 heavy (non-hydrogen) atoms. The van der Waals surface area contributed by atoms with Crippen molar-refractivity contribution in [3.63, 3.8) is 0 Å². The number of aromatic nitrogens is 2. The van der Waals surface area contributed by atoms with Gasteiger partial charge in [0, 0.05) is 56.2 Å². The number of nitrogen functional groups attached to an aromatic ring is 1. The van der Waals surface area contributed by atoms with Crippen LogP contribution in [-0.2, 0) is 19.1 Å². The van der Waals surface area contributed by atoms with Crippen LogP contribution in [-0.4, -0.2) is 60.7 Å². The Bertz CT molecular complexity index is 1300. The average Bonchev–Trinajstić information content (AvgIpc) is 2.93. The molecular weight excluding hydrogens is 531 g/mol. The second-order valence-corrected chi connectivity index (χ2v) is 10.1. The normalized spacial score (nSPS) is 16.2. The lowest BCUT2D eigenvalue weighted by Gasteiger charge is -2.31. The molecule has 12 heteroatoms. The van der Waals surface area contributed by atoms with Gasteiger partial charge in [-0.05, 0) is 49.2 Å². The van der Waals surface area contributed by atoms with E-state index in [1.807, 2.05) is 12.1 Å². The van der Waals surface area contributed by atoms with Crippen LogP contribution in [0.15, 0.2) is 42.7 Å². The largest absolute Gasteiger partial charge is 0.493 e. The summed E-state index contributed by atoms with van der Waals surface area (Å²) in [7, 11) is 0. The van der Waals surface area contributed by atoms with E-state index in [0.717, 1.165) is 55.7 Å². The van der Waals surface area contributed by atoms with Gasteiger partial charge in [0.1, 0.15) is 17.9 Å².